The summed E-state index contributed by atoms with van der Waals surface area (Å²) in [5.41, 5.74) is 1.68. The molecule has 3 aromatic carbocycles. The Morgan fingerprint density at radius 3 is 2.21 bits per heavy atom. The summed E-state index contributed by atoms with van der Waals surface area (Å²) in [7, 11) is 0. The molecule has 1 aromatic heterocycles. The van der Waals surface area contributed by atoms with Crippen molar-refractivity contribution in [2.24, 2.45) is 23.7 Å². The van der Waals surface area contributed by atoms with E-state index in [0.717, 1.165) is 9.14 Å². The average molecular weight is 736 g/mol. The Morgan fingerprint density at radius 1 is 0.830 bits per heavy atom. The lowest BCUT2D eigenvalue weighted by Crippen LogP contribution is -2.58. The number of carbonyl (C=O) groups is 4. The molecule has 1 aliphatic heterocycles. The fourth-order valence-corrected chi connectivity index (χ4v) is 9.02. The van der Waals surface area contributed by atoms with Gasteiger partial charge < -0.3 is 9.52 Å². The van der Waals surface area contributed by atoms with Crippen LogP contribution in [-0.4, -0.2) is 28.5 Å². The van der Waals surface area contributed by atoms with Gasteiger partial charge in [-0.15, -0.1) is 0 Å². The number of allylic oxidation sites excluding steroid dienone is 4. The highest BCUT2D eigenvalue weighted by atomic mass is 127. The summed E-state index contributed by atoms with van der Waals surface area (Å²) in [5, 5.41) is 9.96. The van der Waals surface area contributed by atoms with Gasteiger partial charge in [0, 0.05) is 15.1 Å². The first-order chi connectivity index (χ1) is 22.8. The fourth-order valence-electron chi connectivity index (χ4n) is 8.66. The van der Waals surface area contributed by atoms with Crippen LogP contribution in [0.2, 0.25) is 0 Å². The molecule has 0 bridgehead atoms. The third-order valence-electron chi connectivity index (χ3n) is 10.6. The molecule has 3 aliphatic carbocycles. The quantitative estimate of drug-likeness (QED) is 0.145. The molecule has 4 aliphatic rings. The molecule has 2 heterocycles. The summed E-state index contributed by atoms with van der Waals surface area (Å²) < 4.78 is 7.22. The number of imide groups is 1. The third-order valence-corrected chi connectivity index (χ3v) is 11.3. The van der Waals surface area contributed by atoms with Gasteiger partial charge in [0.15, 0.2) is 11.6 Å². The predicted molar refractivity (Wildman–Crippen MR) is 183 cm³/mol. The molecule has 0 spiro atoms. The highest BCUT2D eigenvalue weighted by molar-refractivity contribution is 14.1. The number of anilines is 1. The average Bonchev–Trinajstić information content (AvgIpc) is 3.68. The van der Waals surface area contributed by atoms with Crippen molar-refractivity contribution in [3.63, 3.8) is 0 Å². The number of aliphatic hydroxyl groups excluding tert-OH is 1. The van der Waals surface area contributed by atoms with Crippen LogP contribution in [0.4, 0.5) is 5.69 Å². The number of furan rings is 1. The van der Waals surface area contributed by atoms with Crippen LogP contribution in [0.1, 0.15) is 41.4 Å². The van der Waals surface area contributed by atoms with E-state index in [0.29, 0.717) is 40.3 Å². The van der Waals surface area contributed by atoms with Gasteiger partial charge in [-0.05, 0) is 95.0 Å². The summed E-state index contributed by atoms with van der Waals surface area (Å²) in [6.07, 6.45) is 4.05. The molecule has 4 aromatic rings. The number of Topliss-reactive ketones (excluding diaryl/α,β-unsaturated/α-hetero) is 1. The summed E-state index contributed by atoms with van der Waals surface area (Å²) in [5.74, 6) is -3.48. The van der Waals surface area contributed by atoms with Crippen LogP contribution in [0.3, 0.4) is 0 Å². The maximum absolute atomic E-state index is 14.9. The Bertz CT molecular complexity index is 2000. The van der Waals surface area contributed by atoms with Crippen molar-refractivity contribution in [2.75, 3.05) is 4.90 Å². The Morgan fingerprint density at radius 2 is 1.53 bits per heavy atom. The van der Waals surface area contributed by atoms with Crippen molar-refractivity contribution in [1.29, 1.82) is 0 Å². The third kappa shape index (κ3) is 4.41. The Labute approximate surface area is 285 Å². The van der Waals surface area contributed by atoms with Crippen molar-refractivity contribution < 1.29 is 28.7 Å². The molecule has 2 amide bonds. The second-order valence-corrected chi connectivity index (χ2v) is 14.0. The van der Waals surface area contributed by atoms with Crippen LogP contribution < -0.4 is 4.90 Å². The molecular formula is C39H30INO6. The Kier molecular flexibility index (Phi) is 7.25. The topological polar surface area (TPSA) is 105 Å². The molecule has 1 N–H and O–H groups in total. The first-order valence-electron chi connectivity index (χ1n) is 15.8. The lowest BCUT2D eigenvalue weighted by Gasteiger charge is -2.54. The minimum Gasteiger partial charge on any atom is -0.463 e. The minimum absolute atomic E-state index is 0.175. The molecule has 0 unspecified atom stereocenters. The van der Waals surface area contributed by atoms with Crippen molar-refractivity contribution in [1.82, 2.24) is 0 Å². The second kappa shape index (κ2) is 11.4. The number of benzene rings is 3. The van der Waals surface area contributed by atoms with Crippen molar-refractivity contribution in [3.05, 3.63) is 141 Å². The van der Waals surface area contributed by atoms with E-state index in [4.69, 9.17) is 4.42 Å². The van der Waals surface area contributed by atoms with Crippen LogP contribution in [0.5, 0.6) is 0 Å². The second-order valence-electron chi connectivity index (χ2n) is 12.7. The summed E-state index contributed by atoms with van der Waals surface area (Å²) in [6.45, 7) is -0.329. The zero-order valence-electron chi connectivity index (χ0n) is 25.2. The maximum Gasteiger partial charge on any atom is 0.238 e. The van der Waals surface area contributed by atoms with Gasteiger partial charge in [-0.25, -0.2) is 0 Å². The first-order valence-corrected chi connectivity index (χ1v) is 16.9. The van der Waals surface area contributed by atoms with E-state index in [1.54, 1.807) is 24.3 Å². The molecule has 47 heavy (non-hydrogen) atoms. The van der Waals surface area contributed by atoms with Crippen LogP contribution in [-0.2, 0) is 31.2 Å². The SMILES string of the molecule is O=C1C(c2ccccc2)=CC(=O)[C@@]2(c3ccccc3)[C@@H](c3ccc(CO)o3)C3=CC[C@@H]4C(=O)N(c5ccc(I)cc5)C(=O)[C@@H]4[C@@H]3C[C@@H]12. The number of ketones is 2. The Balaban J connectivity index is 1.34. The molecule has 8 rings (SSSR count). The highest BCUT2D eigenvalue weighted by Crippen LogP contribution is 2.63. The normalized spacial score (nSPS) is 28.4. The lowest BCUT2D eigenvalue weighted by atomic mass is 9.45. The predicted octanol–water partition coefficient (Wildman–Crippen LogP) is 6.41. The van der Waals surface area contributed by atoms with E-state index in [1.165, 1.54) is 11.0 Å². The molecule has 1 saturated heterocycles. The standard InChI is InChI=1S/C39H30INO6/c40-24-11-13-25(14-12-24)41-37(45)28-17-16-27-30(34(28)38(41)46)19-31-36(44)29(22-7-3-1-4-8-22)20-33(43)39(31,23-9-5-2-6-10-23)35(27)32-18-15-26(21-42)47-32/h1-16,18,20,28,30-31,34-35,42H,17,19,21H2/t28-,30+,31-,34-,35+,39-/m0/s1. The summed E-state index contributed by atoms with van der Waals surface area (Å²) in [6, 6.07) is 29.3. The number of carbonyl (C=O) groups excluding carboxylic acids is 4. The van der Waals surface area contributed by atoms with E-state index in [1.807, 2.05) is 78.9 Å². The van der Waals surface area contributed by atoms with Gasteiger partial charge in [-0.2, -0.15) is 0 Å². The number of halogens is 1. The largest absolute Gasteiger partial charge is 0.463 e. The van der Waals surface area contributed by atoms with Gasteiger partial charge in [0.05, 0.1) is 28.9 Å². The van der Waals surface area contributed by atoms with Crippen molar-refractivity contribution in [2.45, 2.75) is 30.8 Å². The van der Waals surface area contributed by atoms with Crippen LogP contribution in [0.25, 0.3) is 5.57 Å². The summed E-state index contributed by atoms with van der Waals surface area (Å²) >= 11 is 2.19. The van der Waals surface area contributed by atoms with Crippen LogP contribution in [0, 0.1) is 27.2 Å². The molecule has 1 saturated carbocycles. The molecule has 8 heteroatoms. The molecule has 0 radical (unpaired) electrons. The molecule has 234 valence electrons. The van der Waals surface area contributed by atoms with Gasteiger partial charge in [0.2, 0.25) is 11.8 Å². The molecule has 7 nitrogen and oxygen atoms in total. The zero-order valence-corrected chi connectivity index (χ0v) is 27.4. The maximum atomic E-state index is 14.9. The minimum atomic E-state index is -1.36. The first kappa shape index (κ1) is 30.0. The lowest BCUT2D eigenvalue weighted by molar-refractivity contribution is -0.135. The van der Waals surface area contributed by atoms with E-state index < -0.39 is 35.0 Å². The van der Waals surface area contributed by atoms with Crippen LogP contribution >= 0.6 is 22.6 Å². The fraction of sp³-hybridized carbons (Fsp3) is 0.231. The van der Waals surface area contributed by atoms with Gasteiger partial charge in [0.25, 0.3) is 0 Å². The number of fused-ring (bicyclic) bond motifs is 4. The number of amides is 2. The van der Waals surface area contributed by atoms with E-state index in [2.05, 4.69) is 22.6 Å². The number of rotatable bonds is 5. The van der Waals surface area contributed by atoms with Crippen molar-refractivity contribution >= 4 is 57.2 Å². The van der Waals surface area contributed by atoms with E-state index in [-0.39, 0.29) is 36.4 Å². The summed E-state index contributed by atoms with van der Waals surface area (Å²) in [4.78, 5) is 59.4. The van der Waals surface area contributed by atoms with Crippen molar-refractivity contribution in [3.8, 4) is 0 Å². The van der Waals surface area contributed by atoms with Gasteiger partial charge in [0.1, 0.15) is 18.1 Å². The van der Waals surface area contributed by atoms with Gasteiger partial charge in [-0.3, -0.25) is 24.1 Å². The van der Waals surface area contributed by atoms with Gasteiger partial charge >= 0.3 is 0 Å². The molecule has 6 atom stereocenters. The number of hydrogen-bond acceptors (Lipinski definition) is 6. The van der Waals surface area contributed by atoms with E-state index in [9.17, 15) is 24.3 Å². The molecule has 2 fully saturated rings. The Hall–Kier alpha value is -4.41. The monoisotopic (exact) mass is 735 g/mol. The number of hydrogen-bond donors (Lipinski definition) is 1. The smallest absolute Gasteiger partial charge is 0.238 e. The zero-order chi connectivity index (χ0) is 32.4. The van der Waals surface area contributed by atoms with E-state index >= 15 is 0 Å². The van der Waals surface area contributed by atoms with Crippen LogP contribution in [0.15, 0.2) is 119 Å². The highest BCUT2D eigenvalue weighted by Gasteiger charge is 2.66. The molecular weight excluding hydrogens is 705 g/mol. The number of nitrogens with zero attached hydrogens (tertiary/aromatic N) is 1. The van der Waals surface area contributed by atoms with Gasteiger partial charge in [-0.1, -0.05) is 72.3 Å². The number of aliphatic hydroxyl groups is 1.